The van der Waals surface area contributed by atoms with E-state index in [0.29, 0.717) is 0 Å². The molecule has 0 radical (unpaired) electrons. The summed E-state index contributed by atoms with van der Waals surface area (Å²) in [4.78, 5) is 35.3. The molecule has 148 valence electrons. The number of benzene rings is 2. The zero-order valence-corrected chi connectivity index (χ0v) is 15.3. The highest BCUT2D eigenvalue weighted by Crippen LogP contribution is 2.22. The number of aliphatic carboxylic acids is 1. The highest BCUT2D eigenvalue weighted by atomic mass is 19.1. The minimum Gasteiger partial charge on any atom is -0.494 e. The Morgan fingerprint density at radius 1 is 1.11 bits per heavy atom. The molecule has 1 unspecified atom stereocenters. The van der Waals surface area contributed by atoms with Crippen molar-refractivity contribution >= 4 is 17.8 Å². The fourth-order valence-corrected chi connectivity index (χ4v) is 2.54. The number of ether oxygens (including phenoxy) is 1. The number of nitrogens with one attached hydrogen (secondary N) is 2. The van der Waals surface area contributed by atoms with Crippen LogP contribution in [0.5, 0.6) is 5.75 Å². The number of halogens is 1. The van der Waals surface area contributed by atoms with Crippen LogP contribution in [0.1, 0.15) is 23.6 Å². The lowest BCUT2D eigenvalue weighted by atomic mass is 10.1. The van der Waals surface area contributed by atoms with E-state index in [1.54, 1.807) is 0 Å². The molecule has 0 aliphatic heterocycles. The van der Waals surface area contributed by atoms with Crippen molar-refractivity contribution in [2.75, 3.05) is 13.7 Å². The molecule has 2 aromatic rings. The summed E-state index contributed by atoms with van der Waals surface area (Å²) in [6.07, 6.45) is 0.0777. The van der Waals surface area contributed by atoms with Crippen molar-refractivity contribution < 1.29 is 28.6 Å². The number of hydrogen-bond acceptors (Lipinski definition) is 4. The molecule has 7 nitrogen and oxygen atoms in total. The maximum absolute atomic E-state index is 13.8. The topological polar surface area (TPSA) is 105 Å². The fraction of sp³-hybridized carbons (Fsp3) is 0.250. The smallest absolute Gasteiger partial charge is 0.330 e. The minimum atomic E-state index is -1.41. The molecule has 2 amide bonds. The summed E-state index contributed by atoms with van der Waals surface area (Å²) in [5, 5.41) is 14.3. The first-order chi connectivity index (χ1) is 13.4. The van der Waals surface area contributed by atoms with Crippen molar-refractivity contribution in [1.29, 1.82) is 0 Å². The molecule has 1 atom stereocenters. The molecular formula is C20H21FN2O5. The summed E-state index contributed by atoms with van der Waals surface area (Å²) in [5.74, 6) is -2.91. The van der Waals surface area contributed by atoms with Gasteiger partial charge in [0.15, 0.2) is 17.6 Å². The van der Waals surface area contributed by atoms with Crippen LogP contribution in [0.25, 0.3) is 0 Å². The maximum atomic E-state index is 13.8. The average Bonchev–Trinajstić information content (AvgIpc) is 2.66. The zero-order valence-electron chi connectivity index (χ0n) is 15.3. The number of hydrogen-bond donors (Lipinski definition) is 3. The van der Waals surface area contributed by atoms with Crippen LogP contribution in [0.3, 0.4) is 0 Å². The number of carbonyl (C=O) groups is 3. The summed E-state index contributed by atoms with van der Waals surface area (Å²) in [6, 6.07) is 11.4. The third-order valence-corrected chi connectivity index (χ3v) is 3.94. The van der Waals surface area contributed by atoms with E-state index in [1.807, 2.05) is 30.3 Å². The van der Waals surface area contributed by atoms with Crippen LogP contribution in [0.4, 0.5) is 4.39 Å². The summed E-state index contributed by atoms with van der Waals surface area (Å²) in [5.41, 5.74) is 0.921. The molecule has 0 bridgehead atoms. The molecule has 0 saturated carbocycles. The van der Waals surface area contributed by atoms with Gasteiger partial charge in [-0.25, -0.2) is 9.18 Å². The summed E-state index contributed by atoms with van der Waals surface area (Å²) >= 11 is 0. The van der Waals surface area contributed by atoms with Gasteiger partial charge in [0.1, 0.15) is 0 Å². The normalized spacial score (nSPS) is 11.4. The lowest BCUT2D eigenvalue weighted by molar-refractivity contribution is -0.142. The molecule has 0 spiro atoms. The Morgan fingerprint density at radius 3 is 2.43 bits per heavy atom. The Balaban J connectivity index is 1.86. The van der Waals surface area contributed by atoms with Gasteiger partial charge in [-0.3, -0.25) is 9.59 Å². The Bertz CT molecular complexity index is 842. The Kier molecular flexibility index (Phi) is 7.50. The van der Waals surface area contributed by atoms with Crippen LogP contribution in [-0.2, 0) is 20.8 Å². The van der Waals surface area contributed by atoms with E-state index in [4.69, 9.17) is 4.74 Å². The number of rotatable bonds is 9. The van der Waals surface area contributed by atoms with Crippen molar-refractivity contribution in [3.63, 3.8) is 0 Å². The first-order valence-corrected chi connectivity index (χ1v) is 8.57. The van der Waals surface area contributed by atoms with Crippen molar-refractivity contribution in [1.82, 2.24) is 10.6 Å². The molecule has 0 saturated heterocycles. The Labute approximate surface area is 161 Å². The van der Waals surface area contributed by atoms with Gasteiger partial charge in [0.2, 0.25) is 11.8 Å². The van der Waals surface area contributed by atoms with Crippen molar-refractivity contribution in [2.45, 2.75) is 18.9 Å². The molecular weight excluding hydrogens is 367 g/mol. The lowest BCUT2D eigenvalue weighted by Crippen LogP contribution is -2.36. The highest BCUT2D eigenvalue weighted by Gasteiger charge is 2.23. The van der Waals surface area contributed by atoms with Crippen LogP contribution >= 0.6 is 0 Å². The fourth-order valence-electron chi connectivity index (χ4n) is 2.54. The second-order valence-corrected chi connectivity index (χ2v) is 6.00. The van der Waals surface area contributed by atoms with E-state index in [9.17, 15) is 23.9 Å². The molecule has 0 aliphatic rings. The van der Waals surface area contributed by atoms with Gasteiger partial charge >= 0.3 is 5.97 Å². The van der Waals surface area contributed by atoms with Crippen molar-refractivity contribution in [3.05, 3.63) is 65.5 Å². The molecule has 0 aromatic heterocycles. The van der Waals surface area contributed by atoms with Gasteiger partial charge in [0.25, 0.3) is 0 Å². The molecule has 8 heteroatoms. The summed E-state index contributed by atoms with van der Waals surface area (Å²) < 4.78 is 18.6. The summed E-state index contributed by atoms with van der Waals surface area (Å²) in [7, 11) is 1.29. The molecule has 3 N–H and O–H groups in total. The molecule has 0 fully saturated rings. The predicted octanol–water partition coefficient (Wildman–Crippen LogP) is 1.83. The third-order valence-electron chi connectivity index (χ3n) is 3.94. The van der Waals surface area contributed by atoms with E-state index in [2.05, 4.69) is 10.6 Å². The molecule has 0 heterocycles. The van der Waals surface area contributed by atoms with E-state index in [0.717, 1.165) is 11.6 Å². The number of methoxy groups -OCH3 is 1. The molecule has 2 aromatic carbocycles. The molecule has 0 aliphatic carbocycles. The zero-order chi connectivity index (χ0) is 20.5. The second kappa shape index (κ2) is 10.1. The van der Waals surface area contributed by atoms with Crippen LogP contribution in [0.2, 0.25) is 0 Å². The van der Waals surface area contributed by atoms with Gasteiger partial charge in [-0.2, -0.15) is 0 Å². The van der Waals surface area contributed by atoms with E-state index in [-0.39, 0.29) is 36.6 Å². The standard InChI is InChI=1S/C20H21FN2O5/c1-28-16-8-7-14(12-15(16)21)19(20(26)27)23-17(24)9-10-22-18(25)11-13-5-3-2-4-6-13/h2-8,12,19H,9-11H2,1H3,(H,22,25)(H,23,24)(H,26,27). The lowest BCUT2D eigenvalue weighted by Gasteiger charge is -2.16. The van der Waals surface area contributed by atoms with Gasteiger partial charge in [-0.05, 0) is 23.3 Å². The largest absolute Gasteiger partial charge is 0.494 e. The van der Waals surface area contributed by atoms with E-state index >= 15 is 0 Å². The van der Waals surface area contributed by atoms with Gasteiger partial charge in [-0.1, -0.05) is 36.4 Å². The van der Waals surface area contributed by atoms with Crippen LogP contribution in [-0.4, -0.2) is 36.5 Å². The van der Waals surface area contributed by atoms with Crippen molar-refractivity contribution in [3.8, 4) is 5.75 Å². The van der Waals surface area contributed by atoms with Gasteiger partial charge in [0, 0.05) is 13.0 Å². The Hall–Kier alpha value is -3.42. The molecule has 28 heavy (non-hydrogen) atoms. The minimum absolute atomic E-state index is 0.0275. The molecule has 2 rings (SSSR count). The van der Waals surface area contributed by atoms with Gasteiger partial charge in [-0.15, -0.1) is 0 Å². The first-order valence-electron chi connectivity index (χ1n) is 8.57. The quantitative estimate of drug-likeness (QED) is 0.608. The highest BCUT2D eigenvalue weighted by molar-refractivity contribution is 5.85. The van der Waals surface area contributed by atoms with Crippen LogP contribution in [0, 0.1) is 5.82 Å². The Morgan fingerprint density at radius 2 is 1.82 bits per heavy atom. The number of carboxylic acid groups (broad SMARTS) is 1. The third kappa shape index (κ3) is 6.08. The van der Waals surface area contributed by atoms with Gasteiger partial charge in [0.05, 0.1) is 13.5 Å². The second-order valence-electron chi connectivity index (χ2n) is 6.00. The van der Waals surface area contributed by atoms with E-state index < -0.39 is 23.7 Å². The maximum Gasteiger partial charge on any atom is 0.330 e. The van der Waals surface area contributed by atoms with Gasteiger partial charge < -0.3 is 20.5 Å². The van der Waals surface area contributed by atoms with Crippen molar-refractivity contribution in [2.24, 2.45) is 0 Å². The SMILES string of the molecule is COc1ccc(C(NC(=O)CCNC(=O)Cc2ccccc2)C(=O)O)cc1F. The monoisotopic (exact) mass is 388 g/mol. The number of carboxylic acids is 1. The number of amides is 2. The summed E-state index contributed by atoms with van der Waals surface area (Å²) in [6.45, 7) is 0.0564. The first kappa shape index (κ1) is 20.9. The number of carbonyl (C=O) groups excluding carboxylic acids is 2. The average molecular weight is 388 g/mol. The van der Waals surface area contributed by atoms with Crippen LogP contribution < -0.4 is 15.4 Å². The van der Waals surface area contributed by atoms with Crippen LogP contribution in [0.15, 0.2) is 48.5 Å². The van der Waals surface area contributed by atoms with E-state index in [1.165, 1.54) is 19.2 Å². The predicted molar refractivity (Wildman–Crippen MR) is 99.2 cm³/mol.